The van der Waals surface area contributed by atoms with Gasteiger partial charge in [0, 0.05) is 4.90 Å². The molecule has 0 aliphatic carbocycles. The van der Waals surface area contributed by atoms with Crippen LogP contribution in [0.4, 0.5) is 5.69 Å². The summed E-state index contributed by atoms with van der Waals surface area (Å²) >= 11 is 4.14. The van der Waals surface area contributed by atoms with E-state index in [0.29, 0.717) is 0 Å². The Hall–Kier alpha value is -0.960. The molecule has 0 radical (unpaired) electrons. The van der Waals surface area contributed by atoms with Crippen LogP contribution < -0.4 is 0 Å². The molecular weight excluding hydrogens is 158 g/mol. The second kappa shape index (κ2) is 4.03. The maximum Gasteiger partial charge on any atom is 0.174 e. The minimum Gasteiger partial charge on any atom is -0.486 e. The molecule has 0 saturated heterocycles. The monoisotopic (exact) mass is 167 g/mol. The van der Waals surface area contributed by atoms with Crippen LogP contribution in [0.15, 0.2) is 34.2 Å². The molecule has 0 spiro atoms. The lowest BCUT2D eigenvalue weighted by Gasteiger charge is -1.92. The van der Waals surface area contributed by atoms with Gasteiger partial charge in [0.05, 0.1) is 12.8 Å². The van der Waals surface area contributed by atoms with Crippen molar-refractivity contribution in [3.05, 3.63) is 24.3 Å². The van der Waals surface area contributed by atoms with Crippen molar-refractivity contribution >= 4 is 24.7 Å². The molecule has 11 heavy (non-hydrogen) atoms. The minimum absolute atomic E-state index is 0.865. The van der Waals surface area contributed by atoms with E-state index in [4.69, 9.17) is 0 Å². The molecule has 0 aliphatic heterocycles. The first kappa shape index (κ1) is 8.14. The van der Waals surface area contributed by atoms with E-state index in [0.717, 1.165) is 10.6 Å². The van der Waals surface area contributed by atoms with Gasteiger partial charge in [0.25, 0.3) is 0 Å². The van der Waals surface area contributed by atoms with Crippen molar-refractivity contribution in [1.29, 1.82) is 0 Å². The van der Waals surface area contributed by atoms with Gasteiger partial charge in [-0.1, -0.05) is 0 Å². The normalized spacial score (nSPS) is 10.4. The molecule has 0 aliphatic rings. The van der Waals surface area contributed by atoms with Gasteiger partial charge < -0.3 is 4.74 Å². The molecule has 3 heteroatoms. The SMILES string of the molecule is COC=Nc1ccc(S)cc1. The molecule has 0 heterocycles. The molecule has 0 fully saturated rings. The molecule has 1 aromatic carbocycles. The molecule has 0 bridgehead atoms. The van der Waals surface area contributed by atoms with Crippen LogP contribution in [-0.4, -0.2) is 13.5 Å². The van der Waals surface area contributed by atoms with Crippen molar-refractivity contribution < 1.29 is 4.74 Å². The number of hydrogen-bond acceptors (Lipinski definition) is 3. The molecule has 0 aromatic heterocycles. The van der Waals surface area contributed by atoms with Crippen molar-refractivity contribution in [2.45, 2.75) is 4.90 Å². The molecule has 0 amide bonds. The molecule has 1 rings (SSSR count). The molecule has 0 unspecified atom stereocenters. The van der Waals surface area contributed by atoms with E-state index in [1.54, 1.807) is 7.11 Å². The maximum absolute atomic E-state index is 4.67. The van der Waals surface area contributed by atoms with Gasteiger partial charge in [-0.2, -0.15) is 0 Å². The van der Waals surface area contributed by atoms with Crippen molar-refractivity contribution in [1.82, 2.24) is 0 Å². The Bertz CT molecular complexity index is 243. The highest BCUT2D eigenvalue weighted by atomic mass is 32.1. The van der Waals surface area contributed by atoms with E-state index >= 15 is 0 Å². The van der Waals surface area contributed by atoms with Crippen LogP contribution >= 0.6 is 12.6 Å². The van der Waals surface area contributed by atoms with Crippen molar-refractivity contribution in [3.63, 3.8) is 0 Å². The largest absolute Gasteiger partial charge is 0.486 e. The lowest BCUT2D eigenvalue weighted by molar-refractivity contribution is 0.423. The third-order valence-electron chi connectivity index (χ3n) is 1.16. The lowest BCUT2D eigenvalue weighted by atomic mass is 10.3. The average molecular weight is 167 g/mol. The summed E-state index contributed by atoms with van der Waals surface area (Å²) in [5, 5.41) is 0. The predicted molar refractivity (Wildman–Crippen MR) is 48.9 cm³/mol. The van der Waals surface area contributed by atoms with Gasteiger partial charge in [0.1, 0.15) is 0 Å². The molecule has 2 nitrogen and oxygen atoms in total. The highest BCUT2D eigenvalue weighted by Gasteiger charge is 1.85. The lowest BCUT2D eigenvalue weighted by Crippen LogP contribution is -1.74. The second-order valence-corrected chi connectivity index (χ2v) is 2.50. The van der Waals surface area contributed by atoms with Crippen molar-refractivity contribution in [2.24, 2.45) is 4.99 Å². The van der Waals surface area contributed by atoms with Gasteiger partial charge in [-0.25, -0.2) is 4.99 Å². The van der Waals surface area contributed by atoms with E-state index in [1.807, 2.05) is 24.3 Å². The Kier molecular flexibility index (Phi) is 2.98. The number of hydrogen-bond donors (Lipinski definition) is 1. The molecule has 0 saturated carbocycles. The fourth-order valence-corrected chi connectivity index (χ4v) is 0.801. The third-order valence-corrected chi connectivity index (χ3v) is 1.46. The predicted octanol–water partition coefficient (Wildman–Crippen LogP) is 2.28. The number of nitrogens with zero attached hydrogens (tertiary/aromatic N) is 1. The summed E-state index contributed by atoms with van der Waals surface area (Å²) in [6.07, 6.45) is 1.40. The van der Waals surface area contributed by atoms with E-state index in [9.17, 15) is 0 Å². The van der Waals surface area contributed by atoms with E-state index in [2.05, 4.69) is 22.4 Å². The number of benzene rings is 1. The second-order valence-electron chi connectivity index (χ2n) is 1.99. The molecule has 1 aromatic rings. The number of methoxy groups -OCH3 is 1. The van der Waals surface area contributed by atoms with E-state index in [-0.39, 0.29) is 0 Å². The first-order chi connectivity index (χ1) is 5.33. The topological polar surface area (TPSA) is 21.6 Å². The summed E-state index contributed by atoms with van der Waals surface area (Å²) in [7, 11) is 1.57. The molecule has 58 valence electrons. The quantitative estimate of drug-likeness (QED) is 0.407. The number of rotatable bonds is 2. The van der Waals surface area contributed by atoms with Crippen LogP contribution in [0.3, 0.4) is 0 Å². The summed E-state index contributed by atoms with van der Waals surface area (Å²) in [5.41, 5.74) is 0.865. The van der Waals surface area contributed by atoms with Crippen LogP contribution in [0.25, 0.3) is 0 Å². The zero-order valence-electron chi connectivity index (χ0n) is 6.19. The number of thiol groups is 1. The zero-order valence-corrected chi connectivity index (χ0v) is 7.08. The highest BCUT2D eigenvalue weighted by Crippen LogP contribution is 2.14. The Morgan fingerprint density at radius 2 is 2.00 bits per heavy atom. The third kappa shape index (κ3) is 2.63. The summed E-state index contributed by atoms with van der Waals surface area (Å²) in [6.45, 7) is 0. The van der Waals surface area contributed by atoms with Gasteiger partial charge >= 0.3 is 0 Å². The Morgan fingerprint density at radius 1 is 1.36 bits per heavy atom. The summed E-state index contributed by atoms with van der Waals surface area (Å²) in [6, 6.07) is 7.51. The standard InChI is InChI=1S/C8H9NOS/c1-10-6-9-7-2-4-8(11)5-3-7/h2-6,11H,1H3. The fourth-order valence-electron chi connectivity index (χ4n) is 0.652. The van der Waals surface area contributed by atoms with Gasteiger partial charge in [0.2, 0.25) is 0 Å². The smallest absolute Gasteiger partial charge is 0.174 e. The van der Waals surface area contributed by atoms with Crippen molar-refractivity contribution in [2.75, 3.05) is 7.11 Å². The van der Waals surface area contributed by atoms with Gasteiger partial charge in [0.15, 0.2) is 6.40 Å². The minimum atomic E-state index is 0.865. The van der Waals surface area contributed by atoms with E-state index in [1.165, 1.54) is 6.40 Å². The Balaban J connectivity index is 2.73. The average Bonchev–Trinajstić information content (AvgIpc) is 2.04. The Morgan fingerprint density at radius 3 is 2.55 bits per heavy atom. The van der Waals surface area contributed by atoms with Crippen LogP contribution in [0, 0.1) is 0 Å². The molecule has 0 N–H and O–H groups in total. The van der Waals surface area contributed by atoms with Crippen LogP contribution in [0.1, 0.15) is 0 Å². The van der Waals surface area contributed by atoms with Crippen LogP contribution in [-0.2, 0) is 4.74 Å². The van der Waals surface area contributed by atoms with Gasteiger partial charge in [-0.3, -0.25) is 0 Å². The maximum atomic E-state index is 4.67. The number of ether oxygens (including phenoxy) is 1. The molecular formula is C8H9NOS. The van der Waals surface area contributed by atoms with Crippen LogP contribution in [0.5, 0.6) is 0 Å². The fraction of sp³-hybridized carbons (Fsp3) is 0.125. The summed E-state index contributed by atoms with van der Waals surface area (Å²) in [4.78, 5) is 4.92. The summed E-state index contributed by atoms with van der Waals surface area (Å²) in [5.74, 6) is 0. The number of aliphatic imine (C=N–C) groups is 1. The van der Waals surface area contributed by atoms with Gasteiger partial charge in [-0.15, -0.1) is 12.6 Å². The first-order valence-corrected chi connectivity index (χ1v) is 3.62. The highest BCUT2D eigenvalue weighted by molar-refractivity contribution is 7.80. The van der Waals surface area contributed by atoms with Crippen LogP contribution in [0.2, 0.25) is 0 Å². The van der Waals surface area contributed by atoms with E-state index < -0.39 is 0 Å². The van der Waals surface area contributed by atoms with Crippen molar-refractivity contribution in [3.8, 4) is 0 Å². The first-order valence-electron chi connectivity index (χ1n) is 3.17. The molecule has 0 atom stereocenters. The van der Waals surface area contributed by atoms with Gasteiger partial charge in [-0.05, 0) is 24.3 Å². The Labute approximate surface area is 71.3 Å². The summed E-state index contributed by atoms with van der Waals surface area (Å²) < 4.78 is 4.67. The zero-order chi connectivity index (χ0) is 8.10.